The second-order valence-corrected chi connectivity index (χ2v) is 4.83. The molecule has 0 heterocycles. The molecule has 0 atom stereocenters. The normalized spacial score (nSPS) is 17.9. The summed E-state index contributed by atoms with van der Waals surface area (Å²) in [6.07, 6.45) is 2.21. The van der Waals surface area contributed by atoms with Crippen LogP contribution in [0.2, 0.25) is 0 Å². The van der Waals surface area contributed by atoms with E-state index in [1.54, 1.807) is 0 Å². The van der Waals surface area contributed by atoms with Crippen molar-refractivity contribution in [1.82, 2.24) is 4.90 Å². The van der Waals surface area contributed by atoms with E-state index in [0.717, 1.165) is 12.8 Å². The molecule has 0 amide bonds. The molecule has 0 saturated carbocycles. The Morgan fingerprint density at radius 1 is 1.20 bits per heavy atom. The molecule has 1 aromatic carbocycles. The van der Waals surface area contributed by atoms with Crippen molar-refractivity contribution in [2.45, 2.75) is 25.3 Å². The summed E-state index contributed by atoms with van der Waals surface area (Å²) in [4.78, 5) is 2.31. The Labute approximate surface area is 92.4 Å². The molecule has 1 aromatic rings. The van der Waals surface area contributed by atoms with Gasteiger partial charge in [-0.2, -0.15) is 0 Å². The number of hydrogen-bond acceptors (Lipinski definition) is 1. The first-order valence-corrected chi connectivity index (χ1v) is 5.46. The summed E-state index contributed by atoms with van der Waals surface area (Å²) in [6, 6.07) is 8.74. The minimum Gasteiger partial charge on any atom is -0.299 e. The quantitative estimate of drug-likeness (QED) is 0.665. The fourth-order valence-electron chi connectivity index (χ4n) is 2.59. The highest BCUT2D eigenvalue weighted by atomic mass is 15.1. The van der Waals surface area contributed by atoms with Gasteiger partial charge >= 0.3 is 0 Å². The molecule has 0 N–H and O–H groups in total. The van der Waals surface area contributed by atoms with E-state index in [9.17, 15) is 0 Å². The predicted molar refractivity (Wildman–Crippen MR) is 65.1 cm³/mol. The molecule has 0 radical (unpaired) electrons. The molecule has 80 valence electrons. The first-order chi connectivity index (χ1) is 7.06. The van der Waals surface area contributed by atoms with Crippen LogP contribution in [0.3, 0.4) is 0 Å². The van der Waals surface area contributed by atoms with Crippen molar-refractivity contribution in [2.75, 3.05) is 14.1 Å². The van der Waals surface area contributed by atoms with Crippen molar-refractivity contribution in [2.24, 2.45) is 0 Å². The molecule has 0 aromatic heterocycles. The van der Waals surface area contributed by atoms with Crippen molar-refractivity contribution in [3.05, 3.63) is 47.5 Å². The van der Waals surface area contributed by atoms with E-state index in [1.165, 1.54) is 16.7 Å². The summed E-state index contributed by atoms with van der Waals surface area (Å²) >= 11 is 0. The average molecular weight is 201 g/mol. The third-order valence-corrected chi connectivity index (χ3v) is 3.73. The fourth-order valence-corrected chi connectivity index (χ4v) is 2.59. The van der Waals surface area contributed by atoms with E-state index in [2.05, 4.69) is 56.8 Å². The molecule has 15 heavy (non-hydrogen) atoms. The lowest BCUT2D eigenvalue weighted by atomic mass is 9.87. The lowest BCUT2D eigenvalue weighted by Gasteiger charge is -2.37. The summed E-state index contributed by atoms with van der Waals surface area (Å²) in [5, 5.41) is 0. The molecule has 2 rings (SSSR count). The van der Waals surface area contributed by atoms with Crippen molar-refractivity contribution in [1.29, 1.82) is 0 Å². The predicted octanol–water partition coefficient (Wildman–Crippen LogP) is 2.66. The minimum atomic E-state index is 0.143. The number of hydrogen-bond donors (Lipinski definition) is 0. The standard InChI is InChI=1S/C14H19N/c1-11(2)14(15(3)4)9-12-7-5-6-8-13(12)10-14/h5-8H,1,9-10H2,2-4H3. The van der Waals surface area contributed by atoms with E-state index in [1.807, 2.05) is 0 Å². The van der Waals surface area contributed by atoms with Crippen LogP contribution in [0.4, 0.5) is 0 Å². The van der Waals surface area contributed by atoms with Gasteiger partial charge in [0.15, 0.2) is 0 Å². The monoisotopic (exact) mass is 201 g/mol. The lowest BCUT2D eigenvalue weighted by molar-refractivity contribution is 0.204. The molecule has 0 aliphatic heterocycles. The summed E-state index contributed by atoms with van der Waals surface area (Å²) < 4.78 is 0. The highest BCUT2D eigenvalue weighted by Crippen LogP contribution is 2.37. The molecule has 0 spiro atoms. The second kappa shape index (κ2) is 3.49. The van der Waals surface area contributed by atoms with Gasteiger partial charge in [-0.15, -0.1) is 0 Å². The van der Waals surface area contributed by atoms with Crippen LogP contribution in [0.5, 0.6) is 0 Å². The SMILES string of the molecule is C=C(C)C1(N(C)C)Cc2ccccc2C1. The smallest absolute Gasteiger partial charge is 0.0490 e. The van der Waals surface area contributed by atoms with Crippen LogP contribution in [0.1, 0.15) is 18.1 Å². The van der Waals surface area contributed by atoms with Crippen molar-refractivity contribution < 1.29 is 0 Å². The Kier molecular flexibility index (Phi) is 2.43. The molecule has 0 unspecified atom stereocenters. The van der Waals surface area contributed by atoms with Gasteiger partial charge in [-0.05, 0) is 45.0 Å². The zero-order valence-electron chi connectivity index (χ0n) is 9.88. The van der Waals surface area contributed by atoms with E-state index < -0.39 is 0 Å². The topological polar surface area (TPSA) is 3.24 Å². The fraction of sp³-hybridized carbons (Fsp3) is 0.429. The molecule has 0 fully saturated rings. The van der Waals surface area contributed by atoms with Gasteiger partial charge in [0.05, 0.1) is 0 Å². The Bertz CT molecular complexity index is 365. The van der Waals surface area contributed by atoms with Crippen LogP contribution in [-0.2, 0) is 12.8 Å². The van der Waals surface area contributed by atoms with Gasteiger partial charge in [0.25, 0.3) is 0 Å². The van der Waals surface area contributed by atoms with Crippen LogP contribution >= 0.6 is 0 Å². The van der Waals surface area contributed by atoms with Gasteiger partial charge in [0, 0.05) is 5.54 Å². The molecule has 0 saturated heterocycles. The zero-order chi connectivity index (χ0) is 11.1. The maximum atomic E-state index is 4.17. The molecular formula is C14H19N. The minimum absolute atomic E-state index is 0.143. The van der Waals surface area contributed by atoms with Crippen molar-refractivity contribution >= 4 is 0 Å². The average Bonchev–Trinajstić information content (AvgIpc) is 2.57. The summed E-state index contributed by atoms with van der Waals surface area (Å²) in [7, 11) is 4.31. The number of likely N-dealkylation sites (N-methyl/N-ethyl adjacent to an activating group) is 1. The largest absolute Gasteiger partial charge is 0.299 e. The van der Waals surface area contributed by atoms with Gasteiger partial charge < -0.3 is 0 Å². The first-order valence-electron chi connectivity index (χ1n) is 5.46. The number of nitrogens with zero attached hydrogens (tertiary/aromatic N) is 1. The van der Waals surface area contributed by atoms with Crippen LogP contribution in [0, 0.1) is 0 Å². The second-order valence-electron chi connectivity index (χ2n) is 4.83. The molecule has 1 aliphatic carbocycles. The maximum Gasteiger partial charge on any atom is 0.0490 e. The van der Waals surface area contributed by atoms with Gasteiger partial charge in [-0.3, -0.25) is 4.90 Å². The Hall–Kier alpha value is -1.08. The van der Waals surface area contributed by atoms with E-state index in [4.69, 9.17) is 0 Å². The van der Waals surface area contributed by atoms with Gasteiger partial charge in [-0.25, -0.2) is 0 Å². The summed E-state index contributed by atoms with van der Waals surface area (Å²) in [5.74, 6) is 0. The number of rotatable bonds is 2. The summed E-state index contributed by atoms with van der Waals surface area (Å²) in [5.41, 5.74) is 4.37. The molecule has 1 heteroatoms. The first kappa shape index (κ1) is 10.4. The van der Waals surface area contributed by atoms with Crippen LogP contribution < -0.4 is 0 Å². The van der Waals surface area contributed by atoms with E-state index in [0.29, 0.717) is 0 Å². The maximum absolute atomic E-state index is 4.17. The Morgan fingerprint density at radius 2 is 1.67 bits per heavy atom. The summed E-state index contributed by atoms with van der Waals surface area (Å²) in [6.45, 7) is 6.32. The highest BCUT2D eigenvalue weighted by Gasteiger charge is 2.39. The van der Waals surface area contributed by atoms with Crippen molar-refractivity contribution in [3.8, 4) is 0 Å². The zero-order valence-corrected chi connectivity index (χ0v) is 9.88. The molecule has 0 bridgehead atoms. The van der Waals surface area contributed by atoms with Crippen LogP contribution in [0.15, 0.2) is 36.4 Å². The third kappa shape index (κ3) is 1.51. The van der Waals surface area contributed by atoms with Gasteiger partial charge in [0.2, 0.25) is 0 Å². The molecular weight excluding hydrogens is 182 g/mol. The lowest BCUT2D eigenvalue weighted by Crippen LogP contribution is -2.45. The number of fused-ring (bicyclic) bond motifs is 1. The van der Waals surface area contributed by atoms with Gasteiger partial charge in [-0.1, -0.05) is 36.4 Å². The Balaban J connectivity index is 2.41. The Morgan fingerprint density at radius 3 is 2.00 bits per heavy atom. The van der Waals surface area contributed by atoms with Crippen LogP contribution in [-0.4, -0.2) is 24.5 Å². The highest BCUT2D eigenvalue weighted by molar-refractivity contribution is 5.40. The van der Waals surface area contributed by atoms with Crippen molar-refractivity contribution in [3.63, 3.8) is 0 Å². The number of benzene rings is 1. The van der Waals surface area contributed by atoms with E-state index in [-0.39, 0.29) is 5.54 Å². The molecule has 1 aliphatic rings. The van der Waals surface area contributed by atoms with Gasteiger partial charge in [0.1, 0.15) is 0 Å². The molecule has 1 nitrogen and oxygen atoms in total. The third-order valence-electron chi connectivity index (χ3n) is 3.73. The van der Waals surface area contributed by atoms with Crippen LogP contribution in [0.25, 0.3) is 0 Å². The van der Waals surface area contributed by atoms with E-state index >= 15 is 0 Å².